The fourth-order valence-electron chi connectivity index (χ4n) is 2.25. The number of nitriles is 1. The molecular formula is C17H19N3O4. The molecule has 2 N–H and O–H groups in total. The number of rotatable bonds is 7. The van der Waals surface area contributed by atoms with Crippen molar-refractivity contribution in [2.24, 2.45) is 5.92 Å². The summed E-state index contributed by atoms with van der Waals surface area (Å²) in [7, 11) is 0. The molecule has 2 rings (SSSR count). The Bertz CT molecular complexity index is 664. The maximum atomic E-state index is 11.8. The lowest BCUT2D eigenvalue weighted by molar-refractivity contribution is -0.147. The molecule has 1 aromatic rings. The highest BCUT2D eigenvalue weighted by atomic mass is 16.5. The smallest absolute Gasteiger partial charge is 0.325 e. The number of nitrogens with zero attached hydrogens (tertiary/aromatic N) is 1. The fourth-order valence-corrected chi connectivity index (χ4v) is 2.25. The molecule has 0 unspecified atom stereocenters. The molecule has 0 heterocycles. The molecule has 0 bridgehead atoms. The molecule has 2 amide bonds. The van der Waals surface area contributed by atoms with Crippen molar-refractivity contribution in [1.29, 1.82) is 5.26 Å². The zero-order valence-corrected chi connectivity index (χ0v) is 13.4. The van der Waals surface area contributed by atoms with Crippen LogP contribution in [0.25, 0.3) is 0 Å². The van der Waals surface area contributed by atoms with E-state index in [0.717, 1.165) is 12.8 Å². The van der Waals surface area contributed by atoms with Crippen LogP contribution in [0.5, 0.6) is 0 Å². The zero-order chi connectivity index (χ0) is 17.6. The number of carbonyl (C=O) groups is 3. The average molecular weight is 329 g/mol. The van der Waals surface area contributed by atoms with Gasteiger partial charge in [-0.15, -0.1) is 0 Å². The molecule has 1 aliphatic carbocycles. The summed E-state index contributed by atoms with van der Waals surface area (Å²) in [4.78, 5) is 35.1. The summed E-state index contributed by atoms with van der Waals surface area (Å²) in [6.07, 6.45) is 1.80. The van der Waals surface area contributed by atoms with Gasteiger partial charge >= 0.3 is 5.97 Å². The summed E-state index contributed by atoms with van der Waals surface area (Å²) in [5.74, 6) is -1.51. The molecule has 0 aliphatic heterocycles. The van der Waals surface area contributed by atoms with Crippen molar-refractivity contribution in [3.63, 3.8) is 0 Å². The van der Waals surface area contributed by atoms with Crippen LogP contribution in [-0.2, 0) is 14.3 Å². The van der Waals surface area contributed by atoms with E-state index in [4.69, 9.17) is 10.00 Å². The lowest BCUT2D eigenvalue weighted by atomic mass is 9.98. The Morgan fingerprint density at radius 1 is 1.29 bits per heavy atom. The largest absolute Gasteiger partial charge is 0.454 e. The fraction of sp³-hybridized carbons (Fsp3) is 0.412. The summed E-state index contributed by atoms with van der Waals surface area (Å²) in [6, 6.07) is 10.5. The molecular weight excluding hydrogens is 310 g/mol. The second-order valence-electron chi connectivity index (χ2n) is 5.85. The zero-order valence-electron chi connectivity index (χ0n) is 13.4. The first kappa shape index (κ1) is 17.5. The molecule has 126 valence electrons. The van der Waals surface area contributed by atoms with Crippen molar-refractivity contribution in [1.82, 2.24) is 10.6 Å². The molecule has 0 radical (unpaired) electrons. The summed E-state index contributed by atoms with van der Waals surface area (Å²) in [5, 5.41) is 14.2. The van der Waals surface area contributed by atoms with E-state index in [-0.39, 0.29) is 12.5 Å². The molecule has 0 aromatic heterocycles. The SMILES string of the molecule is C[C@](C#N)(NC(=O)COC(=O)CNC(=O)c1ccccc1)C1CC1. The van der Waals surface area contributed by atoms with Gasteiger partial charge in [-0.05, 0) is 37.8 Å². The van der Waals surface area contributed by atoms with Crippen LogP contribution in [0.15, 0.2) is 30.3 Å². The van der Waals surface area contributed by atoms with Gasteiger partial charge in [0.2, 0.25) is 0 Å². The van der Waals surface area contributed by atoms with Crippen molar-refractivity contribution in [2.75, 3.05) is 13.2 Å². The van der Waals surface area contributed by atoms with E-state index in [1.807, 2.05) is 0 Å². The van der Waals surface area contributed by atoms with E-state index in [0.29, 0.717) is 5.56 Å². The minimum Gasteiger partial charge on any atom is -0.454 e. The van der Waals surface area contributed by atoms with Gasteiger partial charge in [0, 0.05) is 5.56 Å². The average Bonchev–Trinajstić information content (AvgIpc) is 3.44. The number of nitrogens with one attached hydrogen (secondary N) is 2. The Kier molecular flexibility index (Phi) is 5.53. The highest BCUT2D eigenvalue weighted by Gasteiger charge is 2.43. The van der Waals surface area contributed by atoms with Crippen LogP contribution in [0.1, 0.15) is 30.1 Å². The number of hydrogen-bond acceptors (Lipinski definition) is 5. The van der Waals surface area contributed by atoms with E-state index in [2.05, 4.69) is 16.7 Å². The summed E-state index contributed by atoms with van der Waals surface area (Å²) in [5.41, 5.74) is -0.498. The number of amides is 2. The first-order valence-electron chi connectivity index (χ1n) is 7.66. The quantitative estimate of drug-likeness (QED) is 0.718. The van der Waals surface area contributed by atoms with Crippen molar-refractivity contribution in [2.45, 2.75) is 25.3 Å². The Labute approximate surface area is 140 Å². The molecule has 0 saturated heterocycles. The number of ether oxygens (including phenoxy) is 1. The van der Waals surface area contributed by atoms with Crippen LogP contribution in [0.4, 0.5) is 0 Å². The third-order valence-electron chi connectivity index (χ3n) is 3.82. The highest BCUT2D eigenvalue weighted by molar-refractivity contribution is 5.96. The molecule has 7 nitrogen and oxygen atoms in total. The molecule has 24 heavy (non-hydrogen) atoms. The summed E-state index contributed by atoms with van der Waals surface area (Å²) < 4.78 is 4.81. The lowest BCUT2D eigenvalue weighted by Crippen LogP contribution is -2.48. The van der Waals surface area contributed by atoms with Crippen molar-refractivity contribution >= 4 is 17.8 Å². The Morgan fingerprint density at radius 3 is 2.54 bits per heavy atom. The van der Waals surface area contributed by atoms with Crippen molar-refractivity contribution < 1.29 is 19.1 Å². The number of carbonyl (C=O) groups excluding carboxylic acids is 3. The third-order valence-corrected chi connectivity index (χ3v) is 3.82. The third kappa shape index (κ3) is 4.81. The summed E-state index contributed by atoms with van der Waals surface area (Å²) in [6.45, 7) is 0.841. The molecule has 1 saturated carbocycles. The van der Waals surface area contributed by atoms with Gasteiger partial charge in [0.1, 0.15) is 12.1 Å². The Hall–Kier alpha value is -2.88. The summed E-state index contributed by atoms with van der Waals surface area (Å²) >= 11 is 0. The Balaban J connectivity index is 1.70. The molecule has 1 aliphatic rings. The standard InChI is InChI=1S/C17H19N3O4/c1-17(11-18,13-7-8-13)20-14(21)10-24-15(22)9-19-16(23)12-5-3-2-4-6-12/h2-6,13H,7-10H2,1H3,(H,19,23)(H,20,21)/t17-/m1/s1. The second-order valence-corrected chi connectivity index (χ2v) is 5.85. The lowest BCUT2D eigenvalue weighted by Gasteiger charge is -2.22. The van der Waals surface area contributed by atoms with Gasteiger partial charge in [0.05, 0.1) is 6.07 Å². The number of benzene rings is 1. The molecule has 0 spiro atoms. The van der Waals surface area contributed by atoms with Gasteiger partial charge in [0.25, 0.3) is 11.8 Å². The number of hydrogen-bond donors (Lipinski definition) is 2. The van der Waals surface area contributed by atoms with E-state index >= 15 is 0 Å². The predicted molar refractivity (Wildman–Crippen MR) is 84.6 cm³/mol. The molecule has 1 fully saturated rings. The Morgan fingerprint density at radius 2 is 1.96 bits per heavy atom. The normalized spacial score (nSPS) is 15.5. The van der Waals surface area contributed by atoms with Crippen LogP contribution in [0, 0.1) is 17.2 Å². The van der Waals surface area contributed by atoms with Gasteiger partial charge in [-0.1, -0.05) is 18.2 Å². The van der Waals surface area contributed by atoms with Crippen LogP contribution in [0.2, 0.25) is 0 Å². The van der Waals surface area contributed by atoms with Gasteiger partial charge in [-0.25, -0.2) is 0 Å². The predicted octanol–water partition coefficient (Wildman–Crippen LogP) is 0.768. The van der Waals surface area contributed by atoms with Gasteiger partial charge in [-0.3, -0.25) is 14.4 Å². The van der Waals surface area contributed by atoms with Crippen LogP contribution in [0.3, 0.4) is 0 Å². The first-order valence-corrected chi connectivity index (χ1v) is 7.66. The van der Waals surface area contributed by atoms with E-state index < -0.39 is 29.9 Å². The van der Waals surface area contributed by atoms with Gasteiger partial charge in [0.15, 0.2) is 6.61 Å². The minimum absolute atomic E-state index is 0.146. The second kappa shape index (κ2) is 7.59. The maximum Gasteiger partial charge on any atom is 0.325 e. The maximum absolute atomic E-state index is 11.8. The van der Waals surface area contributed by atoms with Crippen molar-refractivity contribution in [3.05, 3.63) is 35.9 Å². The van der Waals surface area contributed by atoms with Crippen LogP contribution in [-0.4, -0.2) is 36.5 Å². The van der Waals surface area contributed by atoms with Gasteiger partial charge < -0.3 is 15.4 Å². The topological polar surface area (TPSA) is 108 Å². The van der Waals surface area contributed by atoms with Gasteiger partial charge in [-0.2, -0.15) is 5.26 Å². The number of esters is 1. The van der Waals surface area contributed by atoms with Crippen LogP contribution < -0.4 is 10.6 Å². The molecule has 1 atom stereocenters. The minimum atomic E-state index is -0.926. The molecule has 1 aromatic carbocycles. The van der Waals surface area contributed by atoms with Crippen molar-refractivity contribution in [3.8, 4) is 6.07 Å². The van der Waals surface area contributed by atoms with Crippen LogP contribution >= 0.6 is 0 Å². The van der Waals surface area contributed by atoms with E-state index in [1.165, 1.54) is 0 Å². The molecule has 7 heteroatoms. The first-order chi connectivity index (χ1) is 11.4. The monoisotopic (exact) mass is 329 g/mol. The van der Waals surface area contributed by atoms with E-state index in [9.17, 15) is 14.4 Å². The van der Waals surface area contributed by atoms with E-state index in [1.54, 1.807) is 37.3 Å². The highest BCUT2D eigenvalue weighted by Crippen LogP contribution is 2.39.